The van der Waals surface area contributed by atoms with Crippen molar-refractivity contribution in [3.8, 4) is 0 Å². The van der Waals surface area contributed by atoms with Crippen LogP contribution < -0.4 is 20.9 Å². The second kappa shape index (κ2) is 14.1. The number of aromatic nitrogens is 4. The van der Waals surface area contributed by atoms with Gasteiger partial charge in [-0.05, 0) is 31.0 Å². The molecular formula is C26H29FN8O5. The van der Waals surface area contributed by atoms with E-state index >= 15 is 0 Å². The van der Waals surface area contributed by atoms with Crippen molar-refractivity contribution in [1.29, 1.82) is 0 Å². The minimum absolute atomic E-state index is 0.0416. The molecule has 1 unspecified atom stereocenters. The molecule has 1 aliphatic rings. The molecule has 2 aromatic heterocycles. The maximum absolute atomic E-state index is 13.3. The first-order valence-corrected chi connectivity index (χ1v) is 12.2. The number of amides is 1. The first kappa shape index (κ1) is 29.4. The molecule has 5 N–H and O–H groups in total. The molecule has 4 rings (SSSR count). The molecule has 0 bridgehead atoms. The van der Waals surface area contributed by atoms with Crippen molar-refractivity contribution >= 4 is 41.2 Å². The Kier molecular flexibility index (Phi) is 10.4. The third-order valence-electron chi connectivity index (χ3n) is 5.54. The van der Waals surface area contributed by atoms with E-state index in [-0.39, 0.29) is 23.8 Å². The van der Waals surface area contributed by atoms with Crippen molar-refractivity contribution in [2.75, 3.05) is 28.6 Å². The van der Waals surface area contributed by atoms with Gasteiger partial charge in [0.25, 0.3) is 0 Å². The minimum Gasteiger partial charge on any atom is -0.478 e. The number of nitrogens with zero attached hydrogens (tertiary/aromatic N) is 5. The number of anilines is 4. The molecule has 13 nitrogen and oxygen atoms in total. The van der Waals surface area contributed by atoms with Crippen LogP contribution in [-0.4, -0.2) is 67.1 Å². The summed E-state index contributed by atoms with van der Waals surface area (Å²) in [5.41, 5.74) is 0.913. The molecule has 1 fully saturated rings. The van der Waals surface area contributed by atoms with Gasteiger partial charge in [-0.1, -0.05) is 12.1 Å². The third kappa shape index (κ3) is 9.63. The third-order valence-corrected chi connectivity index (χ3v) is 5.54. The average Bonchev–Trinajstić information content (AvgIpc) is 3.36. The van der Waals surface area contributed by atoms with Gasteiger partial charge in [0.2, 0.25) is 11.9 Å². The van der Waals surface area contributed by atoms with Gasteiger partial charge in [0, 0.05) is 56.7 Å². The maximum Gasteiger partial charge on any atom is 0.328 e. The second-order valence-corrected chi connectivity index (χ2v) is 8.71. The van der Waals surface area contributed by atoms with Gasteiger partial charge in [-0.15, -0.1) is 0 Å². The lowest BCUT2D eigenvalue weighted by Gasteiger charge is -2.21. The van der Waals surface area contributed by atoms with Crippen molar-refractivity contribution in [3.63, 3.8) is 0 Å². The van der Waals surface area contributed by atoms with Crippen molar-refractivity contribution in [3.05, 3.63) is 72.5 Å². The molecule has 0 saturated carbocycles. The van der Waals surface area contributed by atoms with Gasteiger partial charge in [0.1, 0.15) is 23.3 Å². The van der Waals surface area contributed by atoms with E-state index in [4.69, 9.17) is 15.2 Å². The molecule has 1 amide bonds. The number of carboxylic acids is 2. The van der Waals surface area contributed by atoms with E-state index in [9.17, 15) is 18.8 Å². The van der Waals surface area contributed by atoms with Crippen molar-refractivity contribution in [2.24, 2.45) is 0 Å². The number of carbonyl (C=O) groups excluding carboxylic acids is 1. The van der Waals surface area contributed by atoms with Gasteiger partial charge in [-0.25, -0.2) is 19.0 Å². The van der Waals surface area contributed by atoms with Gasteiger partial charge >= 0.3 is 11.9 Å². The standard InChI is InChI=1S/C22H25FN8O.C4H4O4/c1-14(16-3-5-17(23)6-4-16)26-22-29-19(28-20-12-24-8-9-25-20)11-21(30-22)31-10-7-18(13-31)27-15(2)32;5-3(6)1-2-4(7)8/h3-6,8-9,11-12,14,18H,7,10,13H2,1-2H3,(H,27,32)(H2,25,26,28,29,30);1-2H,(H,5,6)(H,7,8)/t14-,18?;/m0./s1. The minimum atomic E-state index is -1.26. The number of halogens is 1. The Labute approximate surface area is 229 Å². The molecule has 1 saturated heterocycles. The lowest BCUT2D eigenvalue weighted by molar-refractivity contribution is -0.134. The summed E-state index contributed by atoms with van der Waals surface area (Å²) in [5.74, 6) is -0.557. The topological polar surface area (TPSA) is 183 Å². The highest BCUT2D eigenvalue weighted by Gasteiger charge is 2.25. The summed E-state index contributed by atoms with van der Waals surface area (Å²) >= 11 is 0. The SMILES string of the molecule is CC(=O)NC1CCN(c2cc(Nc3cnccn3)nc(N[C@@H](C)c3ccc(F)cc3)n2)C1.O=C(O)C=CC(=O)O. The fourth-order valence-corrected chi connectivity index (χ4v) is 3.76. The number of carbonyl (C=O) groups is 3. The predicted molar refractivity (Wildman–Crippen MR) is 145 cm³/mol. The first-order valence-electron chi connectivity index (χ1n) is 12.2. The Hall–Kier alpha value is -5.14. The fraction of sp³-hybridized carbons (Fsp3) is 0.269. The molecule has 40 heavy (non-hydrogen) atoms. The Balaban J connectivity index is 0.000000482. The summed E-state index contributed by atoms with van der Waals surface area (Å²) in [7, 11) is 0. The summed E-state index contributed by atoms with van der Waals surface area (Å²) in [6.07, 6.45) is 6.76. The van der Waals surface area contributed by atoms with Crippen LogP contribution >= 0.6 is 0 Å². The first-order chi connectivity index (χ1) is 19.1. The van der Waals surface area contributed by atoms with Crippen LogP contribution in [0.3, 0.4) is 0 Å². The molecule has 3 heterocycles. The summed E-state index contributed by atoms with van der Waals surface area (Å²) in [4.78, 5) is 50.2. The molecule has 1 aliphatic heterocycles. The Morgan fingerprint density at radius 2 is 1.77 bits per heavy atom. The van der Waals surface area contributed by atoms with Gasteiger partial charge in [0.15, 0.2) is 0 Å². The van der Waals surface area contributed by atoms with Gasteiger partial charge in [-0.3, -0.25) is 9.78 Å². The molecule has 1 aromatic carbocycles. The van der Waals surface area contributed by atoms with Gasteiger partial charge in [0.05, 0.1) is 12.2 Å². The second-order valence-electron chi connectivity index (χ2n) is 8.71. The molecule has 0 radical (unpaired) electrons. The molecule has 210 valence electrons. The van der Waals surface area contributed by atoms with E-state index in [2.05, 4.69) is 35.8 Å². The molecule has 3 aromatic rings. The zero-order chi connectivity index (χ0) is 29.1. The van der Waals surface area contributed by atoms with Gasteiger partial charge < -0.3 is 31.1 Å². The monoisotopic (exact) mass is 552 g/mol. The average molecular weight is 553 g/mol. The Morgan fingerprint density at radius 3 is 2.38 bits per heavy atom. The number of carboxylic acid groups (broad SMARTS) is 2. The Bertz CT molecular complexity index is 1320. The number of hydrogen-bond donors (Lipinski definition) is 5. The zero-order valence-electron chi connectivity index (χ0n) is 21.8. The maximum atomic E-state index is 13.3. The summed E-state index contributed by atoms with van der Waals surface area (Å²) in [6.45, 7) is 4.91. The summed E-state index contributed by atoms with van der Waals surface area (Å²) in [6, 6.07) is 8.10. The van der Waals surface area contributed by atoms with Crippen LogP contribution in [0.1, 0.15) is 31.9 Å². The quantitative estimate of drug-likeness (QED) is 0.245. The fourth-order valence-electron chi connectivity index (χ4n) is 3.76. The largest absolute Gasteiger partial charge is 0.478 e. The van der Waals surface area contributed by atoms with Crippen LogP contribution in [0.2, 0.25) is 0 Å². The van der Waals surface area contributed by atoms with Crippen molar-refractivity contribution in [1.82, 2.24) is 25.3 Å². The number of aliphatic carboxylic acids is 2. The normalized spacial score (nSPS) is 15.1. The molecule has 14 heteroatoms. The summed E-state index contributed by atoms with van der Waals surface area (Å²) in [5, 5.41) is 25.0. The molecule has 0 aliphatic carbocycles. The lowest BCUT2D eigenvalue weighted by atomic mass is 10.1. The van der Waals surface area contributed by atoms with Crippen LogP contribution in [0.15, 0.2) is 61.1 Å². The highest BCUT2D eigenvalue weighted by atomic mass is 19.1. The van der Waals surface area contributed by atoms with Crippen LogP contribution in [-0.2, 0) is 14.4 Å². The van der Waals surface area contributed by atoms with E-state index < -0.39 is 11.9 Å². The number of rotatable bonds is 9. The van der Waals surface area contributed by atoms with E-state index in [1.165, 1.54) is 19.1 Å². The van der Waals surface area contributed by atoms with E-state index in [0.29, 0.717) is 36.3 Å². The molecular weight excluding hydrogens is 523 g/mol. The van der Waals surface area contributed by atoms with Crippen LogP contribution in [0, 0.1) is 5.82 Å². The Morgan fingerprint density at radius 1 is 1.07 bits per heavy atom. The van der Waals surface area contributed by atoms with Crippen molar-refractivity contribution in [2.45, 2.75) is 32.4 Å². The number of benzene rings is 1. The smallest absolute Gasteiger partial charge is 0.328 e. The lowest BCUT2D eigenvalue weighted by Crippen LogP contribution is -2.35. The van der Waals surface area contributed by atoms with E-state index in [1.54, 1.807) is 30.7 Å². The van der Waals surface area contributed by atoms with E-state index in [1.807, 2.05) is 13.0 Å². The van der Waals surface area contributed by atoms with Crippen LogP contribution in [0.4, 0.5) is 27.8 Å². The van der Waals surface area contributed by atoms with Gasteiger partial charge in [-0.2, -0.15) is 9.97 Å². The van der Waals surface area contributed by atoms with Crippen LogP contribution in [0.5, 0.6) is 0 Å². The molecule has 0 spiro atoms. The van der Waals surface area contributed by atoms with E-state index in [0.717, 1.165) is 24.3 Å². The highest BCUT2D eigenvalue weighted by molar-refractivity contribution is 5.89. The predicted octanol–water partition coefficient (Wildman–Crippen LogP) is 2.75. The number of nitrogens with one attached hydrogen (secondary N) is 3. The zero-order valence-corrected chi connectivity index (χ0v) is 21.8. The van der Waals surface area contributed by atoms with Crippen LogP contribution in [0.25, 0.3) is 0 Å². The van der Waals surface area contributed by atoms with Crippen molar-refractivity contribution < 1.29 is 29.0 Å². The number of hydrogen-bond acceptors (Lipinski definition) is 10. The molecule has 2 atom stereocenters. The summed E-state index contributed by atoms with van der Waals surface area (Å²) < 4.78 is 13.3. The highest BCUT2D eigenvalue weighted by Crippen LogP contribution is 2.26.